The van der Waals surface area contributed by atoms with Gasteiger partial charge in [0.2, 0.25) is 5.91 Å². The Morgan fingerprint density at radius 2 is 2.00 bits per heavy atom. The number of nitrogens with two attached hydrogens (primary N) is 1. The molecule has 7 heteroatoms. The van der Waals surface area contributed by atoms with Crippen molar-refractivity contribution in [2.75, 3.05) is 23.7 Å². The number of carbonyl (C=O) groups is 1. The van der Waals surface area contributed by atoms with E-state index < -0.39 is 0 Å². The number of carbonyl (C=O) groups excluding carboxylic acids is 1. The quantitative estimate of drug-likeness (QED) is 0.778. The molecule has 24 heavy (non-hydrogen) atoms. The summed E-state index contributed by atoms with van der Waals surface area (Å²) in [5, 5.41) is 21.2. The van der Waals surface area contributed by atoms with Crippen molar-refractivity contribution in [3.05, 3.63) is 30.3 Å². The van der Waals surface area contributed by atoms with Gasteiger partial charge in [-0.2, -0.15) is 0 Å². The van der Waals surface area contributed by atoms with E-state index in [9.17, 15) is 9.90 Å². The SMILES string of the molecule is CC(=O)NC1C2CN(c3cc(-c4ccccc4O)nnc3N)CC21. The monoisotopic (exact) mass is 325 g/mol. The highest BCUT2D eigenvalue weighted by Gasteiger charge is 2.56. The summed E-state index contributed by atoms with van der Waals surface area (Å²) in [6, 6.07) is 9.18. The maximum absolute atomic E-state index is 11.2. The van der Waals surface area contributed by atoms with Crippen molar-refractivity contribution >= 4 is 17.4 Å². The Bertz CT molecular complexity index is 797. The van der Waals surface area contributed by atoms with Crippen molar-refractivity contribution in [3.63, 3.8) is 0 Å². The molecule has 2 fully saturated rings. The van der Waals surface area contributed by atoms with Crippen LogP contribution >= 0.6 is 0 Å². The molecule has 1 aliphatic carbocycles. The number of fused-ring (bicyclic) bond motifs is 1. The van der Waals surface area contributed by atoms with E-state index in [-0.39, 0.29) is 17.7 Å². The molecule has 0 radical (unpaired) electrons. The molecule has 2 aromatic rings. The first-order valence-corrected chi connectivity index (χ1v) is 7.98. The van der Waals surface area contributed by atoms with Crippen molar-refractivity contribution in [2.45, 2.75) is 13.0 Å². The fourth-order valence-corrected chi connectivity index (χ4v) is 3.64. The molecular weight excluding hydrogens is 306 g/mol. The first-order valence-electron chi connectivity index (χ1n) is 7.98. The molecule has 0 bridgehead atoms. The average molecular weight is 325 g/mol. The number of nitrogen functional groups attached to an aromatic ring is 1. The number of phenols is 1. The van der Waals surface area contributed by atoms with Crippen molar-refractivity contribution in [1.29, 1.82) is 0 Å². The number of hydrogen-bond donors (Lipinski definition) is 3. The van der Waals surface area contributed by atoms with Crippen LogP contribution in [0, 0.1) is 11.8 Å². The Hall–Kier alpha value is -2.83. The van der Waals surface area contributed by atoms with Crippen LogP contribution in [-0.2, 0) is 4.79 Å². The van der Waals surface area contributed by atoms with E-state index >= 15 is 0 Å². The van der Waals surface area contributed by atoms with E-state index in [1.165, 1.54) is 0 Å². The Morgan fingerprint density at radius 3 is 2.67 bits per heavy atom. The normalized spacial score (nSPS) is 24.5. The predicted molar refractivity (Wildman–Crippen MR) is 90.3 cm³/mol. The maximum atomic E-state index is 11.2. The molecule has 2 heterocycles. The van der Waals surface area contributed by atoms with Crippen molar-refractivity contribution in [2.24, 2.45) is 11.8 Å². The van der Waals surface area contributed by atoms with Gasteiger partial charge in [-0.3, -0.25) is 4.79 Å². The lowest BCUT2D eigenvalue weighted by atomic mass is 10.1. The minimum absolute atomic E-state index is 0.0212. The molecule has 4 rings (SSSR count). The van der Waals surface area contributed by atoms with Gasteiger partial charge in [-0.25, -0.2) is 0 Å². The molecule has 1 saturated heterocycles. The third-order valence-corrected chi connectivity index (χ3v) is 4.89. The zero-order chi connectivity index (χ0) is 16.8. The van der Waals surface area contributed by atoms with Gasteiger partial charge in [0.05, 0.1) is 11.4 Å². The number of aromatic nitrogens is 2. The number of phenolic OH excluding ortho intramolecular Hbond substituents is 1. The lowest BCUT2D eigenvalue weighted by Gasteiger charge is -2.23. The van der Waals surface area contributed by atoms with Crippen molar-refractivity contribution in [3.8, 4) is 17.0 Å². The number of piperidine rings is 1. The Balaban J connectivity index is 1.56. The van der Waals surface area contributed by atoms with Crippen LogP contribution < -0.4 is 16.0 Å². The third kappa shape index (κ3) is 2.42. The minimum Gasteiger partial charge on any atom is -0.507 e. The van der Waals surface area contributed by atoms with Crippen LogP contribution in [0.2, 0.25) is 0 Å². The predicted octanol–water partition coefficient (Wildman–Crippen LogP) is 1.00. The first kappa shape index (κ1) is 14.7. The number of aromatic hydroxyl groups is 1. The topological polar surface area (TPSA) is 104 Å². The zero-order valence-corrected chi connectivity index (χ0v) is 13.3. The Kier molecular flexibility index (Phi) is 3.30. The molecule has 1 aromatic heterocycles. The van der Waals surface area contributed by atoms with Crippen LogP contribution in [0.1, 0.15) is 6.92 Å². The van der Waals surface area contributed by atoms with Gasteiger partial charge in [-0.1, -0.05) is 12.1 Å². The summed E-state index contributed by atoms with van der Waals surface area (Å²) in [4.78, 5) is 13.4. The van der Waals surface area contributed by atoms with Crippen LogP contribution in [0.3, 0.4) is 0 Å². The van der Waals surface area contributed by atoms with E-state index in [0.717, 1.165) is 18.8 Å². The van der Waals surface area contributed by atoms with E-state index in [1.807, 2.05) is 12.1 Å². The summed E-state index contributed by atoms with van der Waals surface area (Å²) in [6.45, 7) is 3.23. The highest BCUT2D eigenvalue weighted by Crippen LogP contribution is 2.47. The third-order valence-electron chi connectivity index (χ3n) is 4.89. The number of amides is 1. The second-order valence-electron chi connectivity index (χ2n) is 6.48. The summed E-state index contributed by atoms with van der Waals surface area (Å²) in [7, 11) is 0. The standard InChI is InChI=1S/C17H19N5O2/c1-9(23)19-16-11-7-22(8-12(11)16)14-6-13(20-21-17(14)18)10-4-2-3-5-15(10)24/h2-6,11-12,16,24H,7-8H2,1H3,(H2,18,21)(H,19,23). The van der Waals surface area contributed by atoms with Crippen LogP contribution in [0.25, 0.3) is 11.3 Å². The zero-order valence-electron chi connectivity index (χ0n) is 13.3. The molecule has 124 valence electrons. The van der Waals surface area contributed by atoms with Gasteiger partial charge >= 0.3 is 0 Å². The first-order chi connectivity index (χ1) is 11.5. The lowest BCUT2D eigenvalue weighted by molar-refractivity contribution is -0.119. The average Bonchev–Trinajstić information content (AvgIpc) is 2.99. The number of nitrogens with zero attached hydrogens (tertiary/aromatic N) is 3. The number of para-hydroxylation sites is 1. The smallest absolute Gasteiger partial charge is 0.217 e. The largest absolute Gasteiger partial charge is 0.507 e. The van der Waals surface area contributed by atoms with E-state index in [0.29, 0.717) is 28.9 Å². The summed E-state index contributed by atoms with van der Waals surface area (Å²) in [5.74, 6) is 1.50. The van der Waals surface area contributed by atoms with Gasteiger partial charge in [-0.05, 0) is 18.2 Å². The van der Waals surface area contributed by atoms with Gasteiger partial charge in [0.25, 0.3) is 0 Å². The number of benzene rings is 1. The lowest BCUT2D eigenvalue weighted by Crippen LogP contribution is -2.33. The second-order valence-corrected chi connectivity index (χ2v) is 6.48. The highest BCUT2D eigenvalue weighted by molar-refractivity contribution is 5.75. The number of hydrogen-bond acceptors (Lipinski definition) is 6. The van der Waals surface area contributed by atoms with Gasteiger partial charge < -0.3 is 21.1 Å². The summed E-state index contributed by atoms with van der Waals surface area (Å²) in [6.07, 6.45) is 0. The molecule has 0 spiro atoms. The fourth-order valence-electron chi connectivity index (χ4n) is 3.64. The fraction of sp³-hybridized carbons (Fsp3) is 0.353. The molecule has 7 nitrogen and oxygen atoms in total. The molecular formula is C17H19N5O2. The Labute approximate surface area is 139 Å². The molecule has 4 N–H and O–H groups in total. The van der Waals surface area contributed by atoms with Crippen LogP contribution in [-0.4, -0.2) is 40.3 Å². The molecule has 1 amide bonds. The van der Waals surface area contributed by atoms with Gasteiger partial charge in [0.15, 0.2) is 5.82 Å². The molecule has 1 aliphatic heterocycles. The highest BCUT2D eigenvalue weighted by atomic mass is 16.3. The van der Waals surface area contributed by atoms with Gasteiger partial charge in [0.1, 0.15) is 5.75 Å². The van der Waals surface area contributed by atoms with Gasteiger partial charge in [0, 0.05) is 43.5 Å². The van der Waals surface area contributed by atoms with Crippen LogP contribution in [0.5, 0.6) is 5.75 Å². The molecule has 1 saturated carbocycles. The molecule has 2 aliphatic rings. The number of nitrogens with one attached hydrogen (secondary N) is 1. The summed E-state index contributed by atoms with van der Waals surface area (Å²) < 4.78 is 0. The molecule has 2 unspecified atom stereocenters. The molecule has 1 aromatic carbocycles. The summed E-state index contributed by atoms with van der Waals surface area (Å²) >= 11 is 0. The van der Waals surface area contributed by atoms with Crippen LogP contribution in [0.4, 0.5) is 11.5 Å². The van der Waals surface area contributed by atoms with E-state index in [4.69, 9.17) is 5.73 Å². The Morgan fingerprint density at radius 1 is 1.29 bits per heavy atom. The minimum atomic E-state index is 0.0212. The van der Waals surface area contributed by atoms with Gasteiger partial charge in [-0.15, -0.1) is 10.2 Å². The van der Waals surface area contributed by atoms with Crippen molar-refractivity contribution in [1.82, 2.24) is 15.5 Å². The van der Waals surface area contributed by atoms with E-state index in [2.05, 4.69) is 20.4 Å². The van der Waals surface area contributed by atoms with E-state index in [1.54, 1.807) is 25.1 Å². The number of anilines is 2. The number of rotatable bonds is 3. The molecule has 2 atom stereocenters. The van der Waals surface area contributed by atoms with Crippen molar-refractivity contribution < 1.29 is 9.90 Å². The summed E-state index contributed by atoms with van der Waals surface area (Å²) in [5.41, 5.74) is 8.07. The maximum Gasteiger partial charge on any atom is 0.217 e. The van der Waals surface area contributed by atoms with Crippen LogP contribution in [0.15, 0.2) is 30.3 Å². The second kappa shape index (κ2) is 5.36.